The van der Waals surface area contributed by atoms with E-state index >= 15 is 0 Å². The molecule has 1 aliphatic carbocycles. The highest BCUT2D eigenvalue weighted by atomic mass is 19.1. The van der Waals surface area contributed by atoms with Gasteiger partial charge in [-0.25, -0.2) is 9.37 Å². The Balaban J connectivity index is 1.43. The van der Waals surface area contributed by atoms with E-state index in [1.165, 1.54) is 23.3 Å². The van der Waals surface area contributed by atoms with Crippen molar-refractivity contribution in [3.63, 3.8) is 0 Å². The number of aromatic nitrogens is 5. The average molecular weight is 430 g/mol. The van der Waals surface area contributed by atoms with Crippen LogP contribution in [-0.2, 0) is 0 Å². The van der Waals surface area contributed by atoms with E-state index in [1.54, 1.807) is 24.1 Å². The van der Waals surface area contributed by atoms with Gasteiger partial charge < -0.3 is 14.6 Å². The number of carbonyl (C=O) groups excluding carboxylic acids is 1. The lowest BCUT2D eigenvalue weighted by molar-refractivity contribution is 0.0714. The number of nitrogens with one attached hydrogen (secondary N) is 1. The fourth-order valence-corrected chi connectivity index (χ4v) is 4.66. The topological polar surface area (TPSA) is 88.9 Å². The van der Waals surface area contributed by atoms with Crippen LogP contribution in [0.3, 0.4) is 0 Å². The largest absolute Gasteiger partial charge is 0.497 e. The molecule has 9 heteroatoms. The van der Waals surface area contributed by atoms with Gasteiger partial charge >= 0.3 is 0 Å². The molecule has 1 aliphatic heterocycles. The molecule has 0 spiro atoms. The number of rotatable bonds is 4. The summed E-state index contributed by atoms with van der Waals surface area (Å²) in [6.07, 6.45) is 7.16. The number of hydrogen-bond acceptors (Lipinski definition) is 5. The lowest BCUT2D eigenvalue weighted by atomic mass is 9.81. The van der Waals surface area contributed by atoms with Crippen LogP contribution in [0.4, 0.5) is 4.39 Å². The molecule has 2 aromatic heterocycles. The second-order valence-corrected chi connectivity index (χ2v) is 7.99. The molecule has 3 atom stereocenters. The number of benzene rings is 2. The molecule has 2 aliphatic rings. The van der Waals surface area contributed by atoms with Gasteiger partial charge in [0.2, 0.25) is 0 Å². The van der Waals surface area contributed by atoms with Crippen molar-refractivity contribution >= 4 is 16.9 Å². The van der Waals surface area contributed by atoms with Crippen molar-refractivity contribution in [1.29, 1.82) is 0 Å². The summed E-state index contributed by atoms with van der Waals surface area (Å²) in [5.74, 6) is 0.716. The van der Waals surface area contributed by atoms with Gasteiger partial charge in [-0.1, -0.05) is 18.2 Å². The Bertz CT molecular complexity index is 1360. The molecule has 6 rings (SSSR count). The minimum Gasteiger partial charge on any atom is -0.497 e. The summed E-state index contributed by atoms with van der Waals surface area (Å²) in [6, 6.07) is 9.74. The molecule has 0 radical (unpaired) electrons. The molecule has 4 aromatic rings. The van der Waals surface area contributed by atoms with Crippen LogP contribution >= 0.6 is 0 Å². The maximum absolute atomic E-state index is 15.0. The summed E-state index contributed by atoms with van der Waals surface area (Å²) in [7, 11) is 1.61. The number of imidazole rings is 1. The van der Waals surface area contributed by atoms with E-state index in [9.17, 15) is 9.18 Å². The van der Waals surface area contributed by atoms with Gasteiger partial charge in [-0.15, -0.1) is 0 Å². The van der Waals surface area contributed by atoms with Crippen LogP contribution in [0.2, 0.25) is 0 Å². The molecule has 1 fully saturated rings. The number of halogens is 1. The number of carbonyl (C=O) groups is 1. The first kappa shape index (κ1) is 18.7. The average Bonchev–Trinajstić information content (AvgIpc) is 3.50. The molecule has 1 amide bonds. The summed E-state index contributed by atoms with van der Waals surface area (Å²) < 4.78 is 20.3. The minimum atomic E-state index is -0.606. The molecule has 1 saturated heterocycles. The molecule has 0 saturated carbocycles. The Kier molecular flexibility index (Phi) is 4.11. The summed E-state index contributed by atoms with van der Waals surface area (Å²) in [4.78, 5) is 24.8. The van der Waals surface area contributed by atoms with Gasteiger partial charge in [0.15, 0.2) is 0 Å². The third kappa shape index (κ3) is 2.74. The number of amides is 1. The first-order chi connectivity index (χ1) is 15.6. The number of H-pyrrole nitrogens is 1. The van der Waals surface area contributed by atoms with E-state index in [0.29, 0.717) is 18.1 Å². The van der Waals surface area contributed by atoms with Crippen molar-refractivity contribution in [2.45, 2.75) is 6.04 Å². The van der Waals surface area contributed by atoms with Crippen LogP contribution in [0.5, 0.6) is 5.75 Å². The monoisotopic (exact) mass is 430 g/mol. The Morgan fingerprint density at radius 2 is 2.03 bits per heavy atom. The molecule has 1 N–H and O–H groups in total. The number of ether oxygens (including phenoxy) is 1. The fraction of sp³-hybridized carbons (Fsp3) is 0.217. The number of aromatic amines is 1. The molecule has 2 aromatic carbocycles. The Hall–Kier alpha value is -4.01. The fourth-order valence-electron chi connectivity index (χ4n) is 4.66. The van der Waals surface area contributed by atoms with E-state index in [4.69, 9.17) is 9.72 Å². The van der Waals surface area contributed by atoms with Crippen LogP contribution < -0.4 is 4.74 Å². The number of nitrogens with zero attached hydrogens (tertiary/aromatic N) is 5. The van der Waals surface area contributed by atoms with Crippen LogP contribution in [-0.4, -0.2) is 49.4 Å². The van der Waals surface area contributed by atoms with Crippen molar-refractivity contribution < 1.29 is 13.9 Å². The number of likely N-dealkylation sites (tertiary alicyclic amines) is 1. The summed E-state index contributed by atoms with van der Waals surface area (Å²) in [6.45, 7) is 0.491. The Morgan fingerprint density at radius 1 is 1.19 bits per heavy atom. The number of methoxy groups -OCH3 is 1. The minimum absolute atomic E-state index is 0.0484. The highest BCUT2D eigenvalue weighted by Crippen LogP contribution is 2.47. The maximum atomic E-state index is 15.0. The third-order valence-electron chi connectivity index (χ3n) is 6.27. The first-order valence-corrected chi connectivity index (χ1v) is 10.3. The number of fused-ring (bicyclic) bond motifs is 2. The quantitative estimate of drug-likeness (QED) is 0.502. The molecule has 0 unspecified atom stereocenters. The molecule has 160 valence electrons. The molecule has 8 nitrogen and oxygen atoms in total. The van der Waals surface area contributed by atoms with E-state index in [0.717, 1.165) is 16.8 Å². The molecular weight excluding hydrogens is 411 g/mol. The van der Waals surface area contributed by atoms with E-state index in [2.05, 4.69) is 27.3 Å². The number of hydrogen-bond donors (Lipinski definition) is 1. The highest BCUT2D eigenvalue weighted by molar-refractivity contribution is 5.98. The smallest absolute Gasteiger partial charge is 0.259 e. The standard InChI is InChI=1S/C23H19FN6O2/c1-32-14-6-8-17-18(11-14)28-22(27-17)21-15-7-5-13(15)12-29(21)23(31)20-16(24)3-2-4-19(20)30-25-9-10-26-30/h2-11,13,15,21H,12H2,1H3,(H,27,28)/t13-,15-,21-/m0/s1. The van der Waals surface area contributed by atoms with Gasteiger partial charge in [0, 0.05) is 24.4 Å². The van der Waals surface area contributed by atoms with Gasteiger partial charge in [0.05, 0.1) is 36.6 Å². The van der Waals surface area contributed by atoms with Crippen LogP contribution in [0, 0.1) is 17.7 Å². The summed E-state index contributed by atoms with van der Waals surface area (Å²) in [5, 5.41) is 8.17. The second-order valence-electron chi connectivity index (χ2n) is 7.99. The summed E-state index contributed by atoms with van der Waals surface area (Å²) in [5.41, 5.74) is 1.87. The van der Waals surface area contributed by atoms with Crippen molar-refractivity contribution in [3.8, 4) is 11.4 Å². The van der Waals surface area contributed by atoms with Crippen molar-refractivity contribution in [3.05, 3.63) is 78.1 Å². The zero-order valence-electron chi connectivity index (χ0n) is 17.1. The second kappa shape index (κ2) is 7.01. The van der Waals surface area contributed by atoms with E-state index in [1.807, 2.05) is 18.2 Å². The van der Waals surface area contributed by atoms with E-state index < -0.39 is 11.7 Å². The lowest BCUT2D eigenvalue weighted by Crippen LogP contribution is -2.34. The van der Waals surface area contributed by atoms with Crippen LogP contribution in [0.15, 0.2) is 60.9 Å². The molecule has 0 bridgehead atoms. The third-order valence-corrected chi connectivity index (χ3v) is 6.27. The predicted octanol–water partition coefficient (Wildman–Crippen LogP) is 3.29. The summed E-state index contributed by atoms with van der Waals surface area (Å²) >= 11 is 0. The van der Waals surface area contributed by atoms with Gasteiger partial charge in [0.25, 0.3) is 5.91 Å². The van der Waals surface area contributed by atoms with Crippen LogP contribution in [0.25, 0.3) is 16.7 Å². The molecule has 3 heterocycles. The van der Waals surface area contributed by atoms with Gasteiger partial charge in [-0.05, 0) is 24.3 Å². The zero-order chi connectivity index (χ0) is 21.8. The van der Waals surface area contributed by atoms with E-state index in [-0.39, 0.29) is 23.4 Å². The first-order valence-electron chi connectivity index (χ1n) is 10.3. The van der Waals surface area contributed by atoms with Gasteiger partial charge in [-0.2, -0.15) is 15.0 Å². The van der Waals surface area contributed by atoms with Gasteiger partial charge in [-0.3, -0.25) is 4.79 Å². The van der Waals surface area contributed by atoms with Crippen molar-refractivity contribution in [1.82, 2.24) is 29.9 Å². The predicted molar refractivity (Wildman–Crippen MR) is 114 cm³/mol. The zero-order valence-corrected chi connectivity index (χ0v) is 17.1. The normalized spacial score (nSPS) is 21.6. The Morgan fingerprint density at radius 3 is 2.78 bits per heavy atom. The SMILES string of the molecule is COc1ccc2nc([C@@H]3[C@H]4C=C[C@H]4CN3C(=O)c3c(F)cccc3-n3nccn3)[nH]c2c1. The van der Waals surface area contributed by atoms with Crippen LogP contribution in [0.1, 0.15) is 22.2 Å². The maximum Gasteiger partial charge on any atom is 0.259 e. The Labute approximate surface area is 182 Å². The van der Waals surface area contributed by atoms with Crippen molar-refractivity contribution in [2.75, 3.05) is 13.7 Å². The lowest BCUT2D eigenvalue weighted by Gasteiger charge is -2.28. The molecular formula is C23H19FN6O2. The van der Waals surface area contributed by atoms with Gasteiger partial charge in [0.1, 0.15) is 28.6 Å². The van der Waals surface area contributed by atoms with Crippen molar-refractivity contribution in [2.24, 2.45) is 11.8 Å². The molecule has 32 heavy (non-hydrogen) atoms. The highest BCUT2D eigenvalue weighted by Gasteiger charge is 2.48.